The van der Waals surface area contributed by atoms with Crippen molar-refractivity contribution >= 4 is 98.1 Å². The Balaban J connectivity index is 0.700. The summed E-state index contributed by atoms with van der Waals surface area (Å²) in [5.74, 6) is 0. The van der Waals surface area contributed by atoms with E-state index in [1.807, 2.05) is 48.5 Å². The summed E-state index contributed by atoms with van der Waals surface area (Å²) in [7, 11) is 0. The van der Waals surface area contributed by atoms with Crippen LogP contribution in [0.2, 0.25) is 0 Å². The Labute approximate surface area is 551 Å². The summed E-state index contributed by atoms with van der Waals surface area (Å²) in [6.07, 6.45) is 2.23. The molecular weight excluding hydrogens is 1170 g/mol. The smallest absolute Gasteiger partial charge is 0.0991 e. The molecule has 0 fully saturated rings. The Bertz CT molecular complexity index is 6230. The van der Waals surface area contributed by atoms with Gasteiger partial charge in [0, 0.05) is 77.4 Å². The Morgan fingerprint density at radius 1 is 0.260 bits per heavy atom. The van der Waals surface area contributed by atoms with Crippen LogP contribution in [0, 0.1) is 22.7 Å². The van der Waals surface area contributed by atoms with Gasteiger partial charge in [0.1, 0.15) is 0 Å². The molecule has 0 saturated heterocycles. The maximum absolute atomic E-state index is 9.57. The van der Waals surface area contributed by atoms with Crippen molar-refractivity contribution in [2.24, 2.45) is 0 Å². The van der Waals surface area contributed by atoms with Crippen molar-refractivity contribution in [2.45, 2.75) is 5.41 Å². The van der Waals surface area contributed by atoms with Crippen molar-refractivity contribution < 1.29 is 0 Å². The van der Waals surface area contributed by atoms with Crippen molar-refractivity contribution in [3.8, 4) is 62.8 Å². The van der Waals surface area contributed by atoms with Gasteiger partial charge in [-0.15, -0.1) is 0 Å². The third kappa shape index (κ3) is 7.56. The van der Waals surface area contributed by atoms with Crippen LogP contribution in [0.5, 0.6) is 0 Å². The van der Waals surface area contributed by atoms with E-state index in [9.17, 15) is 10.5 Å². The molecular formula is C89H53N7. The molecule has 1 aliphatic heterocycles. The molecule has 0 unspecified atom stereocenters. The van der Waals surface area contributed by atoms with Gasteiger partial charge in [0.2, 0.25) is 0 Å². The van der Waals surface area contributed by atoms with Gasteiger partial charge < -0.3 is 22.8 Å². The van der Waals surface area contributed by atoms with Crippen molar-refractivity contribution in [1.82, 2.24) is 22.8 Å². The highest BCUT2D eigenvalue weighted by atomic mass is 15.0. The first-order valence-corrected chi connectivity index (χ1v) is 32.6. The number of hydrogen-bond acceptors (Lipinski definition) is 2. The van der Waals surface area contributed by atoms with Gasteiger partial charge in [-0.2, -0.15) is 10.5 Å². The molecule has 96 heavy (non-hydrogen) atoms. The van der Waals surface area contributed by atoms with E-state index < -0.39 is 5.41 Å². The monoisotopic (exact) mass is 1220 g/mol. The van der Waals surface area contributed by atoms with Gasteiger partial charge in [0.15, 0.2) is 0 Å². The lowest BCUT2D eigenvalue weighted by Gasteiger charge is -2.41. The number of fused-ring (bicyclic) bond motifs is 14. The zero-order chi connectivity index (χ0) is 63.3. The molecule has 0 amide bonds. The SMILES string of the molecule is N#Cc1ccc(-n2c3ccccc3c3cc(-c4ccc5c(c4)c4ccccc4n5-c4ccc(C5(c6ccc(-n7c8ccccc8c8cc(-c9ccc%10c(c9)c9ccccc9n%10-c9ccc(C#N)cc9)ccc87)cc6)c6ccccc6-n6ccc7cccc5c76)cc4)ccc32)cc1. The van der Waals surface area contributed by atoms with Gasteiger partial charge in [0.05, 0.1) is 84.0 Å². The summed E-state index contributed by atoms with van der Waals surface area (Å²) >= 11 is 0. The van der Waals surface area contributed by atoms with Crippen LogP contribution in [0.15, 0.2) is 322 Å². The topological polar surface area (TPSA) is 72.2 Å². The first-order valence-electron chi connectivity index (χ1n) is 32.6. The minimum atomic E-state index is -0.697. The standard InChI is InChI=1S/C89H53N7/c90-54-56-24-36-65(37-25-56)93-79-19-6-1-13-69(79)73-50-59(28-44-83(73)93)61-30-46-85-75(52-61)71-15-3-8-21-81(71)95(85)67-40-32-63(33-41-67)89(77-17-5-10-23-87(77)92-49-48-58-12-11-18-78(89)88(58)92)64-34-42-68(43-35-64)96-82-22-9-4-16-72(82)76-53-62(31-47-86(76)96)60-29-45-84-74(51-60)70-14-2-7-20-80(70)94(84)66-38-26-57(55-91)27-39-66/h1-53H. The lowest BCUT2D eigenvalue weighted by Crippen LogP contribution is -2.35. The van der Waals surface area contributed by atoms with Crippen LogP contribution in [0.3, 0.4) is 0 Å². The molecule has 0 atom stereocenters. The van der Waals surface area contributed by atoms with Crippen LogP contribution in [-0.2, 0) is 5.41 Å². The van der Waals surface area contributed by atoms with E-state index in [4.69, 9.17) is 0 Å². The number of nitriles is 2. The van der Waals surface area contributed by atoms with E-state index in [0.717, 1.165) is 89.1 Å². The molecule has 0 saturated carbocycles. The maximum atomic E-state index is 9.57. The fourth-order valence-electron chi connectivity index (χ4n) is 16.4. The second kappa shape index (κ2) is 20.4. The van der Waals surface area contributed by atoms with Crippen LogP contribution in [0.25, 0.3) is 149 Å². The molecule has 0 radical (unpaired) electrons. The largest absolute Gasteiger partial charge is 0.316 e. The van der Waals surface area contributed by atoms with Crippen molar-refractivity contribution in [1.29, 1.82) is 10.5 Å². The van der Waals surface area contributed by atoms with E-state index in [-0.39, 0.29) is 0 Å². The second-order valence-electron chi connectivity index (χ2n) is 25.4. The molecule has 0 bridgehead atoms. The minimum Gasteiger partial charge on any atom is -0.316 e. The molecule has 0 spiro atoms. The lowest BCUT2D eigenvalue weighted by molar-refractivity contribution is 0.724. The van der Waals surface area contributed by atoms with Crippen LogP contribution in [0.1, 0.15) is 33.4 Å². The van der Waals surface area contributed by atoms with E-state index in [1.165, 1.54) is 81.9 Å². The highest BCUT2D eigenvalue weighted by Crippen LogP contribution is 2.53. The number of nitrogens with zero attached hydrogens (tertiary/aromatic N) is 7. The highest BCUT2D eigenvalue weighted by molar-refractivity contribution is 6.15. The predicted octanol–water partition coefficient (Wildman–Crippen LogP) is 21.8. The number of hydrogen-bond donors (Lipinski definition) is 0. The molecule has 14 aromatic carbocycles. The zero-order valence-corrected chi connectivity index (χ0v) is 51.7. The van der Waals surface area contributed by atoms with Crippen LogP contribution in [-0.4, -0.2) is 22.8 Å². The van der Waals surface area contributed by atoms with Gasteiger partial charge in [-0.25, -0.2) is 0 Å². The number of rotatable bonds is 8. The molecule has 5 aromatic heterocycles. The Hall–Kier alpha value is -13.2. The zero-order valence-electron chi connectivity index (χ0n) is 51.7. The van der Waals surface area contributed by atoms with Gasteiger partial charge in [-0.1, -0.05) is 158 Å². The van der Waals surface area contributed by atoms with Crippen LogP contribution in [0.4, 0.5) is 0 Å². The molecule has 0 N–H and O–H groups in total. The van der Waals surface area contributed by atoms with Crippen molar-refractivity contribution in [3.05, 3.63) is 355 Å². The van der Waals surface area contributed by atoms with E-state index >= 15 is 0 Å². The third-order valence-corrected chi connectivity index (χ3v) is 20.7. The molecule has 0 aliphatic carbocycles. The minimum absolute atomic E-state index is 0.644. The van der Waals surface area contributed by atoms with Gasteiger partial charge in [-0.05, 0) is 202 Å². The summed E-state index contributed by atoms with van der Waals surface area (Å²) in [6, 6.07) is 120. The molecule has 19 aromatic rings. The van der Waals surface area contributed by atoms with Crippen LogP contribution >= 0.6 is 0 Å². The molecule has 444 valence electrons. The molecule has 6 heterocycles. The molecule has 1 aliphatic rings. The lowest BCUT2D eigenvalue weighted by atomic mass is 9.63. The average Bonchev–Trinajstić information content (AvgIpc) is 1.06. The summed E-state index contributed by atoms with van der Waals surface area (Å²) < 4.78 is 11.9. The fourth-order valence-corrected chi connectivity index (χ4v) is 16.4. The van der Waals surface area contributed by atoms with Gasteiger partial charge in [0.25, 0.3) is 0 Å². The van der Waals surface area contributed by atoms with Crippen LogP contribution < -0.4 is 0 Å². The van der Waals surface area contributed by atoms with Crippen molar-refractivity contribution in [2.75, 3.05) is 0 Å². The number of para-hydroxylation sites is 6. The summed E-state index contributed by atoms with van der Waals surface area (Å²) in [5.41, 5.74) is 25.8. The average molecular weight is 1220 g/mol. The van der Waals surface area contributed by atoms with E-state index in [2.05, 4.69) is 308 Å². The molecule has 7 nitrogen and oxygen atoms in total. The Morgan fingerprint density at radius 2 is 0.583 bits per heavy atom. The first-order chi connectivity index (χ1) is 47.5. The summed E-state index contributed by atoms with van der Waals surface area (Å²) in [6.45, 7) is 0. The van der Waals surface area contributed by atoms with E-state index in [0.29, 0.717) is 11.1 Å². The third-order valence-electron chi connectivity index (χ3n) is 20.7. The maximum Gasteiger partial charge on any atom is 0.0991 e. The molecule has 20 rings (SSSR count). The summed E-state index contributed by atoms with van der Waals surface area (Å²) in [4.78, 5) is 0. The Morgan fingerprint density at radius 3 is 0.958 bits per heavy atom. The number of aromatic nitrogens is 5. The highest BCUT2D eigenvalue weighted by Gasteiger charge is 2.45. The first kappa shape index (κ1) is 53.5. The molecule has 7 heteroatoms. The Kier molecular flexibility index (Phi) is 11.4. The number of benzene rings is 14. The summed E-state index contributed by atoms with van der Waals surface area (Å²) in [5, 5.41) is 29.9. The van der Waals surface area contributed by atoms with Gasteiger partial charge >= 0.3 is 0 Å². The predicted molar refractivity (Wildman–Crippen MR) is 393 cm³/mol. The van der Waals surface area contributed by atoms with Gasteiger partial charge in [-0.3, -0.25) is 0 Å². The van der Waals surface area contributed by atoms with Crippen molar-refractivity contribution in [3.63, 3.8) is 0 Å². The fraction of sp³-hybridized carbons (Fsp3) is 0.0112. The van der Waals surface area contributed by atoms with E-state index in [1.54, 1.807) is 0 Å². The normalized spacial score (nSPS) is 12.6. The quantitative estimate of drug-likeness (QED) is 0.152. The second-order valence-corrected chi connectivity index (χ2v) is 25.4.